The lowest BCUT2D eigenvalue weighted by atomic mass is 10.6. The van der Waals surface area contributed by atoms with Gasteiger partial charge in [-0.25, -0.2) is 0 Å². The smallest absolute Gasteiger partial charge is 0.427 e. The largest absolute Gasteiger partial charge is 0.436 e. The van der Waals surface area contributed by atoms with Crippen molar-refractivity contribution in [2.45, 2.75) is 19.4 Å². The fourth-order valence-electron chi connectivity index (χ4n) is 1.94. The summed E-state index contributed by atoms with van der Waals surface area (Å²) in [6.45, 7) is 2.22. The van der Waals surface area contributed by atoms with Crippen LogP contribution >= 0.6 is 0 Å². The van der Waals surface area contributed by atoms with E-state index in [4.69, 9.17) is 4.12 Å². The van der Waals surface area contributed by atoms with Gasteiger partial charge in [-0.05, 0) is 48.3 Å². The van der Waals surface area contributed by atoms with Gasteiger partial charge in [0.1, 0.15) is 0 Å². The van der Waals surface area contributed by atoms with Crippen LogP contribution in [0.15, 0.2) is 0 Å². The van der Waals surface area contributed by atoms with E-state index in [0.717, 1.165) is 0 Å². The normalized spacial score (nSPS) is 14.0. The minimum Gasteiger partial charge on any atom is -0.427 e. The molecule has 0 saturated heterocycles. The summed E-state index contributed by atoms with van der Waals surface area (Å²) in [6, 6.07) is 1.27. The molecule has 0 rings (SSSR count). The Labute approximate surface area is 98.5 Å². The van der Waals surface area contributed by atoms with E-state index in [1.165, 1.54) is 12.5 Å². The molecule has 0 aromatic rings. The van der Waals surface area contributed by atoms with Crippen molar-refractivity contribution >= 4 is 18.6 Å². The second kappa shape index (κ2) is 6.77. The van der Waals surface area contributed by atoms with Crippen LogP contribution in [0.2, 0.25) is 6.04 Å². The molecular weight excluding hydrogens is 222 g/mol. The van der Waals surface area contributed by atoms with Crippen molar-refractivity contribution in [1.29, 1.82) is 0 Å². The lowest BCUT2D eigenvalue weighted by Gasteiger charge is -2.45. The molecule has 0 unspecified atom stereocenters. The van der Waals surface area contributed by atoms with E-state index in [0.29, 0.717) is 0 Å². The highest BCUT2D eigenvalue weighted by molar-refractivity contribution is 6.69. The van der Waals surface area contributed by atoms with Crippen LogP contribution in [-0.2, 0) is 4.12 Å². The van der Waals surface area contributed by atoms with Gasteiger partial charge in [0.05, 0.1) is 0 Å². The second-order valence-electron chi connectivity index (χ2n) is 4.46. The molecule has 0 heterocycles. The van der Waals surface area contributed by atoms with Gasteiger partial charge in [-0.3, -0.25) is 13.7 Å². The highest BCUT2D eigenvalue weighted by atomic mass is 28.4. The van der Waals surface area contributed by atoms with Gasteiger partial charge in [0.2, 0.25) is 0 Å². The van der Waals surface area contributed by atoms with Gasteiger partial charge in [-0.2, -0.15) is 0 Å². The van der Waals surface area contributed by atoms with Gasteiger partial charge in [0.25, 0.3) is 0 Å². The minimum atomic E-state index is -2.00. The molecule has 4 nitrogen and oxygen atoms in total. The fourth-order valence-corrected chi connectivity index (χ4v) is 9.40. The quantitative estimate of drug-likeness (QED) is 0.468. The van der Waals surface area contributed by atoms with Gasteiger partial charge < -0.3 is 4.12 Å². The Bertz CT molecular complexity index is 155. The van der Waals surface area contributed by atoms with Gasteiger partial charge in [-0.1, -0.05) is 13.3 Å². The van der Waals surface area contributed by atoms with Crippen LogP contribution in [0.5, 0.6) is 0 Å². The average molecular weight is 250 g/mol. The third-order valence-electron chi connectivity index (χ3n) is 2.54. The average Bonchev–Trinajstić information content (AvgIpc) is 2.10. The van der Waals surface area contributed by atoms with Gasteiger partial charge in [0, 0.05) is 0 Å². The molecule has 0 bridgehead atoms. The maximum Gasteiger partial charge on any atom is 0.436 e. The van der Waals surface area contributed by atoms with E-state index in [2.05, 4.69) is 62.9 Å². The minimum absolute atomic E-state index is 0.385. The van der Waals surface area contributed by atoms with Crippen LogP contribution in [0.3, 0.4) is 0 Å². The summed E-state index contributed by atoms with van der Waals surface area (Å²) in [5, 5.41) is 0. The maximum atomic E-state index is 6.31. The molecule has 0 aromatic heterocycles. The van der Waals surface area contributed by atoms with Crippen molar-refractivity contribution in [3.8, 4) is 0 Å². The summed E-state index contributed by atoms with van der Waals surface area (Å²) in [5.41, 5.74) is 0. The SMILES string of the molecule is CCC[SiH2]O[Si](N(C)C)(N(C)C)N(C)C. The topological polar surface area (TPSA) is 19.0 Å². The molecule has 6 heteroatoms. The van der Waals surface area contributed by atoms with Crippen molar-refractivity contribution in [1.82, 2.24) is 13.7 Å². The third kappa shape index (κ3) is 3.65. The monoisotopic (exact) mass is 249 g/mol. The van der Waals surface area contributed by atoms with Crippen molar-refractivity contribution in [3.05, 3.63) is 0 Å². The molecule has 0 aliphatic rings. The van der Waals surface area contributed by atoms with E-state index in [1.54, 1.807) is 0 Å². The molecule has 0 saturated carbocycles. The van der Waals surface area contributed by atoms with E-state index >= 15 is 0 Å². The van der Waals surface area contributed by atoms with E-state index in [9.17, 15) is 0 Å². The maximum absolute atomic E-state index is 6.31. The molecule has 0 fully saturated rings. The standard InChI is InChI=1S/C9H27N3OSi2/c1-8-9-14-13-15(10(2)3,11(4)5)12(6)7/h8-9,14H2,1-7H3. The highest BCUT2D eigenvalue weighted by Crippen LogP contribution is 2.14. The molecule has 0 atom stereocenters. The summed E-state index contributed by atoms with van der Waals surface area (Å²) in [5.74, 6) is 0. The van der Waals surface area contributed by atoms with Crippen molar-refractivity contribution < 1.29 is 4.12 Å². The number of hydrogen-bond donors (Lipinski definition) is 0. The molecule has 15 heavy (non-hydrogen) atoms. The van der Waals surface area contributed by atoms with Gasteiger partial charge in [0.15, 0.2) is 9.76 Å². The van der Waals surface area contributed by atoms with Gasteiger partial charge >= 0.3 is 8.80 Å². The van der Waals surface area contributed by atoms with Crippen molar-refractivity contribution in [3.63, 3.8) is 0 Å². The van der Waals surface area contributed by atoms with E-state index in [-0.39, 0.29) is 9.76 Å². The van der Waals surface area contributed by atoms with Crippen LogP contribution in [-0.4, -0.2) is 74.5 Å². The van der Waals surface area contributed by atoms with Crippen LogP contribution in [0, 0.1) is 0 Å². The molecule has 0 radical (unpaired) electrons. The Balaban J connectivity index is 4.65. The third-order valence-corrected chi connectivity index (χ3v) is 9.40. The van der Waals surface area contributed by atoms with Crippen molar-refractivity contribution in [2.75, 3.05) is 42.3 Å². The summed E-state index contributed by atoms with van der Waals surface area (Å²) < 4.78 is 13.1. The lowest BCUT2D eigenvalue weighted by molar-refractivity contribution is 0.264. The fraction of sp³-hybridized carbons (Fsp3) is 1.00. The molecule has 0 aromatic carbocycles. The first kappa shape index (κ1) is 15.3. The zero-order chi connectivity index (χ0) is 12.1. The molecule has 0 spiro atoms. The predicted molar refractivity (Wildman–Crippen MR) is 71.5 cm³/mol. The first-order chi connectivity index (χ1) is 6.89. The summed E-state index contributed by atoms with van der Waals surface area (Å²) in [6.07, 6.45) is 1.24. The first-order valence-corrected chi connectivity index (χ1v) is 8.88. The first-order valence-electron chi connectivity index (χ1n) is 5.55. The Morgan fingerprint density at radius 3 is 1.60 bits per heavy atom. The number of nitrogens with zero attached hydrogens (tertiary/aromatic N) is 3. The lowest BCUT2D eigenvalue weighted by Crippen LogP contribution is -2.72. The Kier molecular flexibility index (Phi) is 6.89. The Morgan fingerprint density at radius 2 is 1.33 bits per heavy atom. The van der Waals surface area contributed by atoms with E-state index in [1.807, 2.05) is 0 Å². The molecule has 92 valence electrons. The predicted octanol–water partition coefficient (Wildman–Crippen LogP) is 0.0355. The number of hydrogen-bond acceptors (Lipinski definition) is 4. The number of rotatable bonds is 7. The molecule has 0 amide bonds. The summed E-state index contributed by atoms with van der Waals surface area (Å²) in [7, 11) is 10.3. The summed E-state index contributed by atoms with van der Waals surface area (Å²) in [4.78, 5) is 0. The van der Waals surface area contributed by atoms with Crippen LogP contribution in [0.25, 0.3) is 0 Å². The Morgan fingerprint density at radius 1 is 0.933 bits per heavy atom. The summed E-state index contributed by atoms with van der Waals surface area (Å²) >= 11 is 0. The van der Waals surface area contributed by atoms with Crippen LogP contribution in [0.1, 0.15) is 13.3 Å². The molecule has 0 N–H and O–H groups in total. The van der Waals surface area contributed by atoms with E-state index < -0.39 is 8.80 Å². The van der Waals surface area contributed by atoms with Crippen LogP contribution in [0.4, 0.5) is 0 Å². The highest BCUT2D eigenvalue weighted by Gasteiger charge is 2.45. The Hall–Kier alpha value is 0.274. The van der Waals surface area contributed by atoms with Crippen molar-refractivity contribution in [2.24, 2.45) is 0 Å². The van der Waals surface area contributed by atoms with Gasteiger partial charge in [-0.15, -0.1) is 0 Å². The van der Waals surface area contributed by atoms with Crippen LogP contribution < -0.4 is 0 Å². The molecular formula is C9H27N3OSi2. The molecule has 0 aliphatic carbocycles. The second-order valence-corrected chi connectivity index (χ2v) is 10.6. The zero-order valence-electron chi connectivity index (χ0n) is 11.4. The molecule has 0 aliphatic heterocycles. The zero-order valence-corrected chi connectivity index (χ0v) is 13.8.